The predicted octanol–water partition coefficient (Wildman–Crippen LogP) is 5.00. The Bertz CT molecular complexity index is 1170. The van der Waals surface area contributed by atoms with E-state index >= 15 is 0 Å². The molecule has 0 unspecified atom stereocenters. The van der Waals surface area contributed by atoms with Gasteiger partial charge in [0, 0.05) is 40.6 Å². The standard InChI is InChI=1S/C23H18ClN3O/c24-17-7-3-5-15(13-17)22-21-19(18-8-1-2-9-20(18)26-21)10-12-27(22)23(28)16-6-4-11-25-14-16/h1-9,11,13-14,22,26H,10,12H2/t22-/m0/s1. The molecule has 5 heteroatoms. The molecule has 5 rings (SSSR count). The second-order valence-corrected chi connectivity index (χ2v) is 7.45. The number of carbonyl (C=O) groups excluding carboxylic acids is 1. The second-order valence-electron chi connectivity index (χ2n) is 7.01. The van der Waals surface area contributed by atoms with E-state index in [2.05, 4.69) is 28.2 Å². The highest BCUT2D eigenvalue weighted by atomic mass is 35.5. The first-order valence-corrected chi connectivity index (χ1v) is 9.66. The third-order valence-electron chi connectivity index (χ3n) is 5.37. The van der Waals surface area contributed by atoms with Gasteiger partial charge in [-0.15, -0.1) is 0 Å². The van der Waals surface area contributed by atoms with Crippen molar-refractivity contribution in [3.63, 3.8) is 0 Å². The summed E-state index contributed by atoms with van der Waals surface area (Å²) in [5.41, 5.74) is 5.02. The van der Waals surface area contributed by atoms with Gasteiger partial charge in [0.2, 0.25) is 0 Å². The summed E-state index contributed by atoms with van der Waals surface area (Å²) in [7, 11) is 0. The molecule has 0 spiro atoms. The van der Waals surface area contributed by atoms with Gasteiger partial charge in [-0.25, -0.2) is 0 Å². The average Bonchev–Trinajstić information content (AvgIpc) is 3.12. The molecule has 1 amide bonds. The molecule has 0 radical (unpaired) electrons. The van der Waals surface area contributed by atoms with Gasteiger partial charge in [0.15, 0.2) is 0 Å². The summed E-state index contributed by atoms with van der Waals surface area (Å²) in [5.74, 6) is -0.0256. The minimum absolute atomic E-state index is 0.0256. The number of H-pyrrole nitrogens is 1. The van der Waals surface area contributed by atoms with E-state index in [-0.39, 0.29) is 11.9 Å². The van der Waals surface area contributed by atoms with Crippen LogP contribution < -0.4 is 0 Å². The van der Waals surface area contributed by atoms with Crippen molar-refractivity contribution in [1.29, 1.82) is 0 Å². The highest BCUT2D eigenvalue weighted by molar-refractivity contribution is 6.30. The van der Waals surface area contributed by atoms with Crippen LogP contribution in [0.1, 0.15) is 33.2 Å². The van der Waals surface area contributed by atoms with E-state index in [0.29, 0.717) is 17.1 Å². The number of amides is 1. The molecule has 0 fully saturated rings. The summed E-state index contributed by atoms with van der Waals surface area (Å²) in [6.45, 7) is 0.639. The molecule has 0 bridgehead atoms. The topological polar surface area (TPSA) is 49.0 Å². The monoisotopic (exact) mass is 387 g/mol. The number of nitrogens with zero attached hydrogens (tertiary/aromatic N) is 2. The van der Waals surface area contributed by atoms with Crippen LogP contribution in [0, 0.1) is 0 Å². The quantitative estimate of drug-likeness (QED) is 0.526. The van der Waals surface area contributed by atoms with E-state index in [1.54, 1.807) is 18.5 Å². The number of pyridine rings is 1. The largest absolute Gasteiger partial charge is 0.356 e. The number of hydrogen-bond acceptors (Lipinski definition) is 2. The molecule has 4 aromatic rings. The van der Waals surface area contributed by atoms with E-state index in [0.717, 1.165) is 23.2 Å². The molecule has 1 N–H and O–H groups in total. The Kier molecular flexibility index (Phi) is 4.14. The number of aromatic nitrogens is 2. The molecule has 0 saturated carbocycles. The first-order chi connectivity index (χ1) is 13.7. The average molecular weight is 388 g/mol. The lowest BCUT2D eigenvalue weighted by Gasteiger charge is -2.36. The van der Waals surface area contributed by atoms with Crippen molar-refractivity contribution in [2.75, 3.05) is 6.54 Å². The summed E-state index contributed by atoms with van der Waals surface area (Å²) in [4.78, 5) is 22.9. The van der Waals surface area contributed by atoms with Crippen LogP contribution in [0.2, 0.25) is 5.02 Å². The number of halogens is 1. The molecule has 0 saturated heterocycles. The number of rotatable bonds is 2. The first kappa shape index (κ1) is 17.0. The second kappa shape index (κ2) is 6.80. The van der Waals surface area contributed by atoms with Crippen molar-refractivity contribution in [3.8, 4) is 0 Å². The minimum atomic E-state index is -0.220. The van der Waals surface area contributed by atoms with E-state index in [1.165, 1.54) is 10.9 Å². The summed E-state index contributed by atoms with van der Waals surface area (Å²) in [6, 6.07) is 19.4. The fraction of sp³-hybridized carbons (Fsp3) is 0.130. The van der Waals surface area contributed by atoms with E-state index < -0.39 is 0 Å². The van der Waals surface area contributed by atoms with E-state index in [1.807, 2.05) is 41.3 Å². The van der Waals surface area contributed by atoms with Crippen LogP contribution in [0.3, 0.4) is 0 Å². The fourth-order valence-corrected chi connectivity index (χ4v) is 4.34. The number of nitrogens with one attached hydrogen (secondary N) is 1. The van der Waals surface area contributed by atoms with Crippen molar-refractivity contribution >= 4 is 28.4 Å². The lowest BCUT2D eigenvalue weighted by atomic mass is 9.92. The Morgan fingerprint density at radius 2 is 2.00 bits per heavy atom. The smallest absolute Gasteiger partial charge is 0.256 e. The normalized spacial score (nSPS) is 16.2. The molecule has 2 aromatic carbocycles. The number of benzene rings is 2. The Labute approximate surface area is 167 Å². The Morgan fingerprint density at radius 1 is 1.11 bits per heavy atom. The van der Waals surface area contributed by atoms with Crippen LogP contribution in [-0.4, -0.2) is 27.3 Å². The van der Waals surface area contributed by atoms with Crippen LogP contribution >= 0.6 is 11.6 Å². The van der Waals surface area contributed by atoms with Gasteiger partial charge < -0.3 is 9.88 Å². The summed E-state index contributed by atoms with van der Waals surface area (Å²) in [5, 5.41) is 1.88. The maximum absolute atomic E-state index is 13.3. The number of aromatic amines is 1. The Balaban J connectivity index is 1.68. The molecule has 4 nitrogen and oxygen atoms in total. The molecule has 1 aliphatic heterocycles. The molecule has 0 aliphatic carbocycles. The van der Waals surface area contributed by atoms with Crippen LogP contribution in [0.5, 0.6) is 0 Å². The van der Waals surface area contributed by atoms with Crippen molar-refractivity contribution in [3.05, 3.63) is 100 Å². The lowest BCUT2D eigenvalue weighted by Crippen LogP contribution is -2.40. The minimum Gasteiger partial charge on any atom is -0.356 e. The van der Waals surface area contributed by atoms with Crippen molar-refractivity contribution in [2.24, 2.45) is 0 Å². The first-order valence-electron chi connectivity index (χ1n) is 9.28. The van der Waals surface area contributed by atoms with Gasteiger partial charge in [0.1, 0.15) is 0 Å². The number of hydrogen-bond donors (Lipinski definition) is 1. The van der Waals surface area contributed by atoms with E-state index in [9.17, 15) is 4.79 Å². The number of para-hydroxylation sites is 1. The van der Waals surface area contributed by atoms with Gasteiger partial charge >= 0.3 is 0 Å². The zero-order valence-corrected chi connectivity index (χ0v) is 15.9. The van der Waals surface area contributed by atoms with Crippen molar-refractivity contribution < 1.29 is 4.79 Å². The van der Waals surface area contributed by atoms with Gasteiger partial charge in [0.25, 0.3) is 5.91 Å². The van der Waals surface area contributed by atoms with Gasteiger partial charge in [-0.1, -0.05) is 41.9 Å². The maximum atomic E-state index is 13.3. The van der Waals surface area contributed by atoms with E-state index in [4.69, 9.17) is 11.6 Å². The van der Waals surface area contributed by atoms with Crippen LogP contribution in [-0.2, 0) is 6.42 Å². The molecule has 1 aliphatic rings. The summed E-state index contributed by atoms with van der Waals surface area (Å²) in [6.07, 6.45) is 4.11. The zero-order valence-electron chi connectivity index (χ0n) is 15.1. The molecule has 3 heterocycles. The Morgan fingerprint density at radius 3 is 2.82 bits per heavy atom. The number of carbonyl (C=O) groups is 1. The fourth-order valence-electron chi connectivity index (χ4n) is 4.14. The van der Waals surface area contributed by atoms with Crippen molar-refractivity contribution in [1.82, 2.24) is 14.9 Å². The zero-order chi connectivity index (χ0) is 19.1. The van der Waals surface area contributed by atoms with Crippen LogP contribution in [0.15, 0.2) is 73.1 Å². The summed E-state index contributed by atoms with van der Waals surface area (Å²) < 4.78 is 0. The Hall–Kier alpha value is -3.11. The molecular weight excluding hydrogens is 370 g/mol. The third-order valence-corrected chi connectivity index (χ3v) is 5.60. The molecule has 1 atom stereocenters. The predicted molar refractivity (Wildman–Crippen MR) is 111 cm³/mol. The molecule has 2 aromatic heterocycles. The molecular formula is C23H18ClN3O. The SMILES string of the molecule is O=C(c1cccnc1)N1CCc2c([nH]c3ccccc23)[C@@H]1c1cccc(Cl)c1. The van der Waals surface area contributed by atoms with Gasteiger partial charge in [0.05, 0.1) is 11.6 Å². The molecule has 138 valence electrons. The van der Waals surface area contributed by atoms with Crippen LogP contribution in [0.4, 0.5) is 0 Å². The number of fused-ring (bicyclic) bond motifs is 3. The highest BCUT2D eigenvalue weighted by Gasteiger charge is 2.35. The maximum Gasteiger partial charge on any atom is 0.256 e. The highest BCUT2D eigenvalue weighted by Crippen LogP contribution is 2.39. The van der Waals surface area contributed by atoms with Gasteiger partial charge in [-0.05, 0) is 47.9 Å². The van der Waals surface area contributed by atoms with Crippen molar-refractivity contribution in [2.45, 2.75) is 12.5 Å². The molecule has 28 heavy (non-hydrogen) atoms. The van der Waals surface area contributed by atoms with Gasteiger partial charge in [-0.2, -0.15) is 0 Å². The lowest BCUT2D eigenvalue weighted by molar-refractivity contribution is 0.0691. The summed E-state index contributed by atoms with van der Waals surface area (Å²) >= 11 is 6.29. The van der Waals surface area contributed by atoms with Gasteiger partial charge in [-0.3, -0.25) is 9.78 Å². The third kappa shape index (κ3) is 2.77. The van der Waals surface area contributed by atoms with Crippen LogP contribution in [0.25, 0.3) is 10.9 Å².